The molecule has 0 bridgehead atoms. The third-order valence-corrected chi connectivity index (χ3v) is 6.13. The lowest BCUT2D eigenvalue weighted by atomic mass is 10.1. The first-order valence-corrected chi connectivity index (χ1v) is 10.7. The van der Waals surface area contributed by atoms with Gasteiger partial charge < -0.3 is 10.2 Å². The molecule has 0 saturated heterocycles. The van der Waals surface area contributed by atoms with Crippen LogP contribution in [0.4, 0.5) is 17.6 Å². The van der Waals surface area contributed by atoms with Crippen molar-refractivity contribution in [2.45, 2.75) is 30.1 Å². The summed E-state index contributed by atoms with van der Waals surface area (Å²) in [4.78, 5) is 13.2. The zero-order valence-electron chi connectivity index (χ0n) is 17.1. The first-order chi connectivity index (χ1) is 14.3. The third kappa shape index (κ3) is 6.49. The van der Waals surface area contributed by atoms with Crippen molar-refractivity contribution in [1.82, 2.24) is 14.9 Å². The van der Waals surface area contributed by atoms with Crippen molar-refractivity contribution in [3.8, 4) is 0 Å². The zero-order valence-corrected chi connectivity index (χ0v) is 17.9. The zero-order chi connectivity index (χ0) is 23.4. The van der Waals surface area contributed by atoms with Crippen LogP contribution < -0.4 is 10.0 Å². The molecular formula is C20H23F4N3O3S. The van der Waals surface area contributed by atoms with Crippen LogP contribution in [0.3, 0.4) is 0 Å². The molecule has 31 heavy (non-hydrogen) atoms. The van der Waals surface area contributed by atoms with Gasteiger partial charge in [0.05, 0.1) is 22.5 Å². The first-order valence-electron chi connectivity index (χ1n) is 9.21. The van der Waals surface area contributed by atoms with Gasteiger partial charge in [0.2, 0.25) is 15.9 Å². The maximum Gasteiger partial charge on any atom is 0.417 e. The Morgan fingerprint density at radius 3 is 2.32 bits per heavy atom. The number of alkyl halides is 3. The summed E-state index contributed by atoms with van der Waals surface area (Å²) in [6, 6.07) is 7.76. The number of nitrogens with zero attached hydrogens (tertiary/aromatic N) is 1. The number of carbonyl (C=O) groups excluding carboxylic acids is 1. The summed E-state index contributed by atoms with van der Waals surface area (Å²) in [5, 5.41) is 2.55. The van der Waals surface area contributed by atoms with E-state index in [-0.39, 0.29) is 6.54 Å². The maximum absolute atomic E-state index is 13.5. The molecule has 0 aliphatic rings. The lowest BCUT2D eigenvalue weighted by Gasteiger charge is -2.26. The van der Waals surface area contributed by atoms with E-state index in [0.29, 0.717) is 11.6 Å². The van der Waals surface area contributed by atoms with E-state index in [2.05, 4.69) is 5.32 Å². The topological polar surface area (TPSA) is 78.5 Å². The van der Waals surface area contributed by atoms with Crippen molar-refractivity contribution < 1.29 is 30.8 Å². The first kappa shape index (κ1) is 24.8. The molecule has 170 valence electrons. The van der Waals surface area contributed by atoms with Crippen molar-refractivity contribution in [2.75, 3.05) is 20.6 Å². The minimum atomic E-state index is -4.87. The number of hydrogen-bond donors (Lipinski definition) is 2. The number of carbonyl (C=O) groups is 1. The van der Waals surface area contributed by atoms with E-state index < -0.39 is 50.5 Å². The van der Waals surface area contributed by atoms with E-state index >= 15 is 0 Å². The Kier molecular flexibility index (Phi) is 7.79. The number of benzene rings is 2. The van der Waals surface area contributed by atoms with E-state index in [4.69, 9.17) is 0 Å². The van der Waals surface area contributed by atoms with Crippen LogP contribution in [0.2, 0.25) is 0 Å². The van der Waals surface area contributed by atoms with Crippen LogP contribution in [0.25, 0.3) is 0 Å². The predicted octanol–water partition coefficient (Wildman–Crippen LogP) is 2.93. The Balaban J connectivity index is 2.12. The van der Waals surface area contributed by atoms with Gasteiger partial charge in [-0.1, -0.05) is 24.3 Å². The molecule has 0 radical (unpaired) electrons. The Hall–Kier alpha value is -2.50. The van der Waals surface area contributed by atoms with Gasteiger partial charge >= 0.3 is 6.18 Å². The van der Waals surface area contributed by atoms with Crippen LogP contribution in [0.15, 0.2) is 53.4 Å². The SMILES string of the molecule is CC(NS(=O)(=O)c1ccccc1C(F)(F)F)C(=O)NCC(c1cccc(F)c1)N(C)C. The Bertz CT molecular complexity index is 1030. The van der Waals surface area contributed by atoms with Gasteiger partial charge in [0.1, 0.15) is 5.82 Å². The van der Waals surface area contributed by atoms with Crippen molar-refractivity contribution in [3.63, 3.8) is 0 Å². The monoisotopic (exact) mass is 461 g/mol. The molecule has 2 aromatic carbocycles. The summed E-state index contributed by atoms with van der Waals surface area (Å²) < 4.78 is 79.9. The molecule has 0 aliphatic heterocycles. The van der Waals surface area contributed by atoms with E-state index in [1.165, 1.54) is 25.1 Å². The molecule has 0 saturated carbocycles. The average molecular weight is 461 g/mol. The van der Waals surface area contributed by atoms with E-state index in [1.54, 1.807) is 25.1 Å². The fraction of sp³-hybridized carbons (Fsp3) is 0.350. The molecule has 2 rings (SSSR count). The van der Waals surface area contributed by atoms with Crippen molar-refractivity contribution >= 4 is 15.9 Å². The predicted molar refractivity (Wildman–Crippen MR) is 107 cm³/mol. The Morgan fingerprint density at radius 2 is 1.74 bits per heavy atom. The van der Waals surface area contributed by atoms with Gasteiger partial charge in [0.25, 0.3) is 0 Å². The summed E-state index contributed by atoms with van der Waals surface area (Å²) in [5.74, 6) is -1.18. The summed E-state index contributed by atoms with van der Waals surface area (Å²) in [6.07, 6.45) is -4.87. The van der Waals surface area contributed by atoms with Gasteiger partial charge in [-0.2, -0.15) is 17.9 Å². The molecule has 2 unspecified atom stereocenters. The number of nitrogens with one attached hydrogen (secondary N) is 2. The van der Waals surface area contributed by atoms with Crippen molar-refractivity contribution in [3.05, 3.63) is 65.5 Å². The molecule has 0 heterocycles. The molecular weight excluding hydrogens is 438 g/mol. The smallest absolute Gasteiger partial charge is 0.353 e. The molecule has 2 N–H and O–H groups in total. The number of hydrogen-bond acceptors (Lipinski definition) is 4. The molecule has 0 aromatic heterocycles. The number of amides is 1. The van der Waals surface area contributed by atoms with Crippen LogP contribution in [0.1, 0.15) is 24.1 Å². The van der Waals surface area contributed by atoms with Gasteiger partial charge in [-0.25, -0.2) is 12.8 Å². The van der Waals surface area contributed by atoms with Gasteiger partial charge in [-0.15, -0.1) is 0 Å². The molecule has 1 amide bonds. The van der Waals surface area contributed by atoms with Crippen LogP contribution >= 0.6 is 0 Å². The highest BCUT2D eigenvalue weighted by molar-refractivity contribution is 7.89. The highest BCUT2D eigenvalue weighted by atomic mass is 32.2. The molecule has 0 fully saturated rings. The molecule has 0 aliphatic carbocycles. The number of halogens is 4. The fourth-order valence-corrected chi connectivity index (χ4v) is 4.38. The van der Waals surface area contributed by atoms with Crippen LogP contribution in [0, 0.1) is 5.82 Å². The molecule has 2 atom stereocenters. The summed E-state index contributed by atoms with van der Waals surface area (Å²) >= 11 is 0. The van der Waals surface area contributed by atoms with E-state index in [9.17, 15) is 30.8 Å². The second-order valence-corrected chi connectivity index (χ2v) is 8.80. The fourth-order valence-electron chi connectivity index (χ4n) is 2.95. The van der Waals surface area contributed by atoms with Gasteiger partial charge in [-0.05, 0) is 50.8 Å². The van der Waals surface area contributed by atoms with Gasteiger partial charge in [-0.3, -0.25) is 4.79 Å². The standard InChI is InChI=1S/C20H23F4N3O3S/c1-13(26-31(29,30)18-10-5-4-9-16(18)20(22,23)24)19(28)25-12-17(27(2)3)14-7-6-8-15(21)11-14/h4-11,13,17,26H,12H2,1-3H3,(H,25,28). The van der Waals surface area contributed by atoms with Crippen LogP contribution in [-0.4, -0.2) is 45.9 Å². The van der Waals surface area contributed by atoms with Crippen molar-refractivity contribution in [1.29, 1.82) is 0 Å². The number of sulfonamides is 1. The van der Waals surface area contributed by atoms with E-state index in [1.807, 2.05) is 4.72 Å². The van der Waals surface area contributed by atoms with Crippen molar-refractivity contribution in [2.24, 2.45) is 0 Å². The summed E-state index contributed by atoms with van der Waals surface area (Å²) in [6.45, 7) is 1.25. The second kappa shape index (κ2) is 9.75. The average Bonchev–Trinajstić information content (AvgIpc) is 2.66. The van der Waals surface area contributed by atoms with Gasteiger partial charge in [0.15, 0.2) is 0 Å². The normalized spacial score (nSPS) is 14.3. The molecule has 6 nitrogen and oxygen atoms in total. The maximum atomic E-state index is 13.5. The number of rotatable bonds is 8. The van der Waals surface area contributed by atoms with E-state index in [0.717, 1.165) is 18.2 Å². The molecule has 2 aromatic rings. The second-order valence-electron chi connectivity index (χ2n) is 7.12. The Labute approximate surface area is 178 Å². The minimum absolute atomic E-state index is 0.0283. The van der Waals surface area contributed by atoms with Crippen LogP contribution in [-0.2, 0) is 21.0 Å². The summed E-state index contributed by atoms with van der Waals surface area (Å²) in [5.41, 5.74) is -0.730. The summed E-state index contributed by atoms with van der Waals surface area (Å²) in [7, 11) is -1.17. The quantitative estimate of drug-likeness (QED) is 0.593. The Morgan fingerprint density at radius 1 is 1.10 bits per heavy atom. The molecule has 11 heteroatoms. The highest BCUT2D eigenvalue weighted by Crippen LogP contribution is 2.33. The largest absolute Gasteiger partial charge is 0.417 e. The highest BCUT2D eigenvalue weighted by Gasteiger charge is 2.37. The van der Waals surface area contributed by atoms with Gasteiger partial charge in [0, 0.05) is 6.54 Å². The third-order valence-electron chi connectivity index (χ3n) is 4.53. The minimum Gasteiger partial charge on any atom is -0.353 e. The number of likely N-dealkylation sites (N-methyl/N-ethyl adjacent to an activating group) is 1. The van der Waals surface area contributed by atoms with Crippen LogP contribution in [0.5, 0.6) is 0 Å². The lowest BCUT2D eigenvalue weighted by Crippen LogP contribution is -2.46. The lowest BCUT2D eigenvalue weighted by molar-refractivity contribution is -0.139. The molecule has 0 spiro atoms.